The van der Waals surface area contributed by atoms with Gasteiger partial charge in [0.05, 0.1) is 33.1 Å². The van der Waals surface area contributed by atoms with Gasteiger partial charge in [-0.3, -0.25) is 0 Å². The third-order valence-corrected chi connectivity index (χ3v) is 10.0. The van der Waals surface area contributed by atoms with Crippen molar-refractivity contribution in [3.8, 4) is 11.1 Å². The fourth-order valence-electron chi connectivity index (χ4n) is 7.42. The Morgan fingerprint density at radius 2 is 1.22 bits per heavy atom. The number of hydrogen-bond acceptors (Lipinski definition) is 2. The molecule has 1 aliphatic rings. The van der Waals surface area contributed by atoms with Crippen LogP contribution in [0.3, 0.4) is 0 Å². The van der Waals surface area contributed by atoms with Gasteiger partial charge in [0.25, 0.3) is 0 Å². The summed E-state index contributed by atoms with van der Waals surface area (Å²) >= 11 is 0. The van der Waals surface area contributed by atoms with Gasteiger partial charge in [0.15, 0.2) is 0 Å². The van der Waals surface area contributed by atoms with E-state index in [1.165, 1.54) is 54.7 Å². The molecule has 1 aliphatic heterocycles. The molecule has 3 aromatic heterocycles. The maximum atomic E-state index is 5.54. The second-order valence-corrected chi connectivity index (χ2v) is 12.5. The zero-order chi connectivity index (χ0) is 27.7. The molecule has 9 rings (SSSR count). The molecule has 0 saturated heterocycles. The van der Waals surface area contributed by atoms with Crippen LogP contribution in [0.15, 0.2) is 109 Å². The molecule has 0 atom stereocenters. The van der Waals surface area contributed by atoms with E-state index in [1.54, 1.807) is 0 Å². The Morgan fingerprint density at radius 3 is 2.00 bits per heavy atom. The Bertz CT molecular complexity index is 2320. The summed E-state index contributed by atoms with van der Waals surface area (Å²) in [6.07, 6.45) is 0. The highest BCUT2D eigenvalue weighted by atomic mass is 15.4. The number of hydrogen-bond donors (Lipinski definition) is 0. The van der Waals surface area contributed by atoms with Crippen LogP contribution in [-0.4, -0.2) is 19.5 Å². The molecular formula is C37H30N4. The predicted octanol–water partition coefficient (Wildman–Crippen LogP) is 9.52. The van der Waals surface area contributed by atoms with Gasteiger partial charge in [-0.25, -0.2) is 4.98 Å². The lowest BCUT2D eigenvalue weighted by atomic mass is 9.82. The fraction of sp³-hybridized carbons (Fsp3) is 0.162. The summed E-state index contributed by atoms with van der Waals surface area (Å²) in [6.45, 7) is 9.42. The van der Waals surface area contributed by atoms with Crippen LogP contribution < -0.4 is 4.90 Å². The molecule has 0 spiro atoms. The Labute approximate surface area is 238 Å². The van der Waals surface area contributed by atoms with Crippen molar-refractivity contribution in [3.05, 3.63) is 109 Å². The smallest absolute Gasteiger partial charge is 0.212 e. The number of anilines is 2. The van der Waals surface area contributed by atoms with E-state index in [0.717, 1.165) is 17.2 Å². The largest absolute Gasteiger partial charge is 0.308 e. The molecule has 0 bridgehead atoms. The molecule has 4 heteroatoms. The van der Waals surface area contributed by atoms with Gasteiger partial charge in [0.1, 0.15) is 5.52 Å². The highest BCUT2D eigenvalue weighted by molar-refractivity contribution is 6.30. The van der Waals surface area contributed by atoms with Gasteiger partial charge >= 0.3 is 0 Å². The Balaban J connectivity index is 1.40. The fourth-order valence-corrected chi connectivity index (χ4v) is 7.42. The minimum Gasteiger partial charge on any atom is -0.308 e. The van der Waals surface area contributed by atoms with Crippen molar-refractivity contribution >= 4 is 60.8 Å². The first-order valence-electron chi connectivity index (χ1n) is 14.4. The summed E-state index contributed by atoms with van der Waals surface area (Å²) in [7, 11) is 0. The summed E-state index contributed by atoms with van der Waals surface area (Å²) in [4.78, 5) is 8.01. The van der Waals surface area contributed by atoms with Crippen LogP contribution in [0.2, 0.25) is 0 Å². The first-order chi connectivity index (χ1) is 19.9. The van der Waals surface area contributed by atoms with Gasteiger partial charge in [-0.05, 0) is 69.2 Å². The predicted molar refractivity (Wildman–Crippen MR) is 172 cm³/mol. The van der Waals surface area contributed by atoms with E-state index in [-0.39, 0.29) is 11.1 Å². The summed E-state index contributed by atoms with van der Waals surface area (Å²) < 4.78 is 4.94. The highest BCUT2D eigenvalue weighted by Crippen LogP contribution is 2.54. The minimum atomic E-state index is -0.225. The van der Waals surface area contributed by atoms with Gasteiger partial charge < -0.3 is 13.9 Å². The van der Waals surface area contributed by atoms with E-state index in [1.807, 2.05) is 0 Å². The van der Waals surface area contributed by atoms with Crippen molar-refractivity contribution < 1.29 is 0 Å². The van der Waals surface area contributed by atoms with Gasteiger partial charge in [0, 0.05) is 27.2 Å². The van der Waals surface area contributed by atoms with Crippen molar-refractivity contribution in [1.82, 2.24) is 14.0 Å². The SMILES string of the molecule is CC1(C)N(c2cccc(-c3ccccc3)c2)c2nc3c4c5ccccc5n5c6ccccc6c(cc3n2C1(C)C)c45. The zero-order valence-corrected chi connectivity index (χ0v) is 23.7. The van der Waals surface area contributed by atoms with Crippen LogP contribution in [0, 0.1) is 0 Å². The highest BCUT2D eigenvalue weighted by Gasteiger charge is 2.53. The lowest BCUT2D eigenvalue weighted by Crippen LogP contribution is -2.50. The monoisotopic (exact) mass is 530 g/mol. The normalized spacial score (nSPS) is 16.1. The summed E-state index contributed by atoms with van der Waals surface area (Å²) in [6, 6.07) is 39.5. The van der Waals surface area contributed by atoms with Crippen molar-refractivity contribution in [3.63, 3.8) is 0 Å². The van der Waals surface area contributed by atoms with E-state index in [2.05, 4.69) is 151 Å². The lowest BCUT2D eigenvalue weighted by molar-refractivity contribution is 0.253. The number of benzene rings is 5. The first-order valence-corrected chi connectivity index (χ1v) is 14.4. The Kier molecular flexibility index (Phi) is 4.18. The molecular weight excluding hydrogens is 500 g/mol. The third kappa shape index (κ3) is 2.68. The topological polar surface area (TPSA) is 25.5 Å². The molecule has 0 radical (unpaired) electrons. The number of rotatable bonds is 2. The van der Waals surface area contributed by atoms with Crippen LogP contribution in [0.4, 0.5) is 11.6 Å². The molecule has 41 heavy (non-hydrogen) atoms. The van der Waals surface area contributed by atoms with Gasteiger partial charge in [-0.1, -0.05) is 78.9 Å². The molecule has 0 unspecified atom stereocenters. The number of para-hydroxylation sites is 2. The van der Waals surface area contributed by atoms with Crippen LogP contribution in [-0.2, 0) is 5.54 Å². The molecule has 0 amide bonds. The van der Waals surface area contributed by atoms with Crippen molar-refractivity contribution in [2.45, 2.75) is 38.8 Å². The number of aromatic nitrogens is 3. The van der Waals surface area contributed by atoms with Crippen LogP contribution >= 0.6 is 0 Å². The van der Waals surface area contributed by atoms with Crippen LogP contribution in [0.5, 0.6) is 0 Å². The quantitative estimate of drug-likeness (QED) is 0.222. The summed E-state index contributed by atoms with van der Waals surface area (Å²) in [5.74, 6) is 1.00. The van der Waals surface area contributed by atoms with Gasteiger partial charge in [-0.2, -0.15) is 0 Å². The second-order valence-electron chi connectivity index (χ2n) is 12.5. The summed E-state index contributed by atoms with van der Waals surface area (Å²) in [5.41, 5.74) is 9.18. The maximum absolute atomic E-state index is 5.54. The van der Waals surface area contributed by atoms with E-state index < -0.39 is 0 Å². The average molecular weight is 531 g/mol. The van der Waals surface area contributed by atoms with Gasteiger partial charge in [-0.15, -0.1) is 0 Å². The van der Waals surface area contributed by atoms with E-state index in [9.17, 15) is 0 Å². The lowest BCUT2D eigenvalue weighted by Gasteiger charge is -2.41. The van der Waals surface area contributed by atoms with E-state index >= 15 is 0 Å². The van der Waals surface area contributed by atoms with Gasteiger partial charge in [0.2, 0.25) is 5.95 Å². The van der Waals surface area contributed by atoms with Crippen molar-refractivity contribution in [1.29, 1.82) is 0 Å². The third-order valence-electron chi connectivity index (χ3n) is 10.0. The number of imidazole rings is 1. The van der Waals surface area contributed by atoms with E-state index in [4.69, 9.17) is 4.98 Å². The molecule has 8 aromatic rings. The minimum absolute atomic E-state index is 0.222. The molecule has 5 aromatic carbocycles. The van der Waals surface area contributed by atoms with Crippen molar-refractivity contribution in [2.75, 3.05) is 4.90 Å². The second kappa shape index (κ2) is 7.46. The standard InChI is InChI=1S/C37H30N4/c1-36(2)37(3,4)41-31-22-28-26-17-8-10-19-29(26)39-30-20-11-9-18-27(30)32(34(28)39)33(31)38-35(41)40(36)25-16-12-15-24(21-25)23-13-6-5-7-14-23/h5-22H,1-4H3. The van der Waals surface area contributed by atoms with Crippen LogP contribution in [0.1, 0.15) is 27.7 Å². The molecule has 4 heterocycles. The molecule has 0 fully saturated rings. The molecule has 0 aliphatic carbocycles. The average Bonchev–Trinajstić information content (AvgIpc) is 3.67. The number of nitrogens with zero attached hydrogens (tertiary/aromatic N) is 4. The Hall–Kier alpha value is -4.83. The molecule has 4 nitrogen and oxygen atoms in total. The maximum Gasteiger partial charge on any atom is 0.212 e. The number of fused-ring (bicyclic) bond motifs is 10. The first kappa shape index (κ1) is 22.9. The summed E-state index contributed by atoms with van der Waals surface area (Å²) in [5, 5.41) is 5.09. The molecule has 0 saturated carbocycles. The van der Waals surface area contributed by atoms with Crippen molar-refractivity contribution in [2.24, 2.45) is 0 Å². The Morgan fingerprint density at radius 1 is 0.561 bits per heavy atom. The van der Waals surface area contributed by atoms with Crippen LogP contribution in [0.25, 0.3) is 60.3 Å². The molecule has 0 N–H and O–H groups in total. The molecule has 198 valence electrons. The zero-order valence-electron chi connectivity index (χ0n) is 23.7. The van der Waals surface area contributed by atoms with E-state index in [0.29, 0.717) is 0 Å².